The highest BCUT2D eigenvalue weighted by Gasteiger charge is 2.37. The third kappa shape index (κ3) is 3.81. The van der Waals surface area contributed by atoms with E-state index in [0.29, 0.717) is 28.8 Å². The van der Waals surface area contributed by atoms with Gasteiger partial charge in [-0.25, -0.2) is 0 Å². The molecule has 5 rings (SSSR count). The highest BCUT2D eigenvalue weighted by molar-refractivity contribution is 6.43. The van der Waals surface area contributed by atoms with E-state index in [0.717, 1.165) is 11.1 Å². The Kier molecular flexibility index (Phi) is 5.98. The van der Waals surface area contributed by atoms with Crippen LogP contribution in [0, 0.1) is 0 Å². The lowest BCUT2D eigenvalue weighted by Crippen LogP contribution is -2.55. The standard InChI is InChI=1S/C25H21Cl2N3O4/c26-18-10-9-17-21(16-7-3-1-4-8-16)30-15-28(12-5-2-6-14-34-24(17)20(18)27)25(33)22-23(32)19(31)11-13-29(22)30/h1-4,6-11,13,21,32H,5,12,14-15H2/b6-2-/t21-/m0/s1. The molecule has 0 radical (unpaired) electrons. The van der Waals surface area contributed by atoms with Gasteiger partial charge in [-0.15, -0.1) is 0 Å². The van der Waals surface area contributed by atoms with E-state index in [1.807, 2.05) is 53.6 Å². The van der Waals surface area contributed by atoms with Crippen LogP contribution in [-0.2, 0) is 0 Å². The van der Waals surface area contributed by atoms with Crippen molar-refractivity contribution in [2.45, 2.75) is 12.5 Å². The number of hydrogen-bond acceptors (Lipinski definition) is 5. The van der Waals surface area contributed by atoms with Crippen LogP contribution >= 0.6 is 23.2 Å². The molecular weight excluding hydrogens is 477 g/mol. The van der Waals surface area contributed by atoms with Gasteiger partial charge in [0, 0.05) is 24.4 Å². The van der Waals surface area contributed by atoms with Crippen molar-refractivity contribution in [2.24, 2.45) is 0 Å². The van der Waals surface area contributed by atoms with Crippen molar-refractivity contribution in [1.29, 1.82) is 0 Å². The Morgan fingerprint density at radius 1 is 1.00 bits per heavy atom. The molecule has 9 heteroatoms. The number of rotatable bonds is 1. The second-order valence-corrected chi connectivity index (χ2v) is 8.82. The summed E-state index contributed by atoms with van der Waals surface area (Å²) in [5.41, 5.74) is 0.935. The Morgan fingerprint density at radius 3 is 2.59 bits per heavy atom. The average molecular weight is 498 g/mol. The summed E-state index contributed by atoms with van der Waals surface area (Å²) in [7, 11) is 0. The van der Waals surface area contributed by atoms with E-state index in [1.165, 1.54) is 12.3 Å². The van der Waals surface area contributed by atoms with Crippen LogP contribution in [0.1, 0.15) is 34.1 Å². The molecule has 3 aromatic rings. The molecule has 0 spiro atoms. The number of pyridine rings is 1. The first kappa shape index (κ1) is 22.4. The van der Waals surface area contributed by atoms with Gasteiger partial charge in [0.2, 0.25) is 5.43 Å². The van der Waals surface area contributed by atoms with E-state index < -0.39 is 23.1 Å². The molecule has 2 aliphatic rings. The van der Waals surface area contributed by atoms with Gasteiger partial charge in [0.1, 0.15) is 30.1 Å². The minimum atomic E-state index is -0.614. The molecule has 0 unspecified atom stereocenters. The third-order valence-corrected chi connectivity index (χ3v) is 6.77. The number of nitrogens with zero attached hydrogens (tertiary/aromatic N) is 3. The SMILES string of the molecule is O=C1c2c(O)c(=O)ccn2N2CN1CC/C=C\COc1c(ccc(Cl)c1Cl)[C@@H]2c1ccccc1. The molecule has 1 aromatic heterocycles. The minimum absolute atomic E-state index is 0.0803. The van der Waals surface area contributed by atoms with E-state index in [9.17, 15) is 14.7 Å². The van der Waals surface area contributed by atoms with Gasteiger partial charge < -0.3 is 14.7 Å². The van der Waals surface area contributed by atoms with Gasteiger partial charge in [0.25, 0.3) is 5.91 Å². The van der Waals surface area contributed by atoms with E-state index in [1.54, 1.807) is 15.6 Å². The first-order chi connectivity index (χ1) is 16.5. The highest BCUT2D eigenvalue weighted by Crippen LogP contribution is 2.43. The van der Waals surface area contributed by atoms with Gasteiger partial charge in [-0.1, -0.05) is 71.8 Å². The number of benzene rings is 2. The summed E-state index contributed by atoms with van der Waals surface area (Å²) in [4.78, 5) is 27.2. The topological polar surface area (TPSA) is 75.0 Å². The molecule has 1 atom stereocenters. The number of amides is 1. The number of halogens is 2. The molecule has 1 amide bonds. The van der Waals surface area contributed by atoms with E-state index in [-0.39, 0.29) is 19.0 Å². The van der Waals surface area contributed by atoms with E-state index in [4.69, 9.17) is 27.9 Å². The monoisotopic (exact) mass is 497 g/mol. The average Bonchev–Trinajstić information content (AvgIpc) is 2.84. The fraction of sp³-hybridized carbons (Fsp3) is 0.200. The van der Waals surface area contributed by atoms with Crippen molar-refractivity contribution in [1.82, 2.24) is 9.58 Å². The summed E-state index contributed by atoms with van der Waals surface area (Å²) in [6.07, 6.45) is 5.86. The fourth-order valence-corrected chi connectivity index (χ4v) is 4.75. The second kappa shape index (κ2) is 9.08. The van der Waals surface area contributed by atoms with Crippen LogP contribution in [0.5, 0.6) is 11.5 Å². The maximum Gasteiger partial charge on any atom is 0.277 e. The molecule has 2 aromatic carbocycles. The van der Waals surface area contributed by atoms with Gasteiger partial charge in [-0.3, -0.25) is 19.3 Å². The molecular formula is C25H21Cl2N3O4. The maximum atomic E-state index is 13.3. The fourth-order valence-electron chi connectivity index (χ4n) is 4.37. The number of fused-ring (bicyclic) bond motifs is 5. The molecule has 0 aliphatic carbocycles. The zero-order valence-corrected chi connectivity index (χ0v) is 19.5. The molecule has 34 heavy (non-hydrogen) atoms. The van der Waals surface area contributed by atoms with Gasteiger partial charge in [-0.05, 0) is 18.1 Å². The number of aromatic hydroxyl groups is 1. The van der Waals surface area contributed by atoms with E-state index >= 15 is 0 Å². The summed E-state index contributed by atoms with van der Waals surface area (Å²) >= 11 is 12.9. The number of ether oxygens (including phenoxy) is 1. The highest BCUT2D eigenvalue weighted by atomic mass is 35.5. The lowest BCUT2D eigenvalue weighted by atomic mass is 9.96. The number of carbonyl (C=O) groups excluding carboxylic acids is 1. The molecule has 1 N–H and O–H groups in total. The van der Waals surface area contributed by atoms with Crippen molar-refractivity contribution >= 4 is 29.1 Å². The van der Waals surface area contributed by atoms with Crippen molar-refractivity contribution in [2.75, 3.05) is 24.8 Å². The lowest BCUT2D eigenvalue weighted by molar-refractivity contribution is 0.0682. The first-order valence-electron chi connectivity index (χ1n) is 10.8. The van der Waals surface area contributed by atoms with Gasteiger partial charge in [-0.2, -0.15) is 0 Å². The van der Waals surface area contributed by atoms with E-state index in [2.05, 4.69) is 0 Å². The van der Waals surface area contributed by atoms with Crippen molar-refractivity contribution < 1.29 is 14.6 Å². The Morgan fingerprint density at radius 2 is 1.79 bits per heavy atom. The second-order valence-electron chi connectivity index (χ2n) is 8.04. The summed E-state index contributed by atoms with van der Waals surface area (Å²) in [6.45, 7) is 0.901. The summed E-state index contributed by atoms with van der Waals surface area (Å²) in [5.74, 6) is -0.555. The number of aromatic nitrogens is 1. The van der Waals surface area contributed by atoms with Gasteiger partial charge in [0.15, 0.2) is 11.4 Å². The normalized spacial score (nSPS) is 18.8. The number of hydrogen-bond donors (Lipinski definition) is 1. The molecule has 3 heterocycles. The van der Waals surface area contributed by atoms with Crippen molar-refractivity contribution in [3.05, 3.63) is 104 Å². The Balaban J connectivity index is 1.81. The third-order valence-electron chi connectivity index (χ3n) is 5.98. The molecule has 2 bridgehead atoms. The lowest BCUT2D eigenvalue weighted by Gasteiger charge is -2.44. The molecule has 0 saturated heterocycles. The largest absolute Gasteiger partial charge is 0.502 e. The van der Waals surface area contributed by atoms with Crippen LogP contribution in [0.2, 0.25) is 10.0 Å². The first-order valence-corrected chi connectivity index (χ1v) is 11.5. The number of carbonyl (C=O) groups is 1. The summed E-state index contributed by atoms with van der Waals surface area (Å²) in [5, 5.41) is 13.2. The Bertz CT molecular complexity index is 1340. The van der Waals surface area contributed by atoms with Crippen LogP contribution in [0.4, 0.5) is 0 Å². The van der Waals surface area contributed by atoms with Crippen LogP contribution in [-0.4, -0.2) is 40.4 Å². The van der Waals surface area contributed by atoms with Crippen molar-refractivity contribution in [3.8, 4) is 11.5 Å². The molecule has 174 valence electrons. The van der Waals surface area contributed by atoms with Crippen LogP contribution in [0.15, 0.2) is 71.7 Å². The van der Waals surface area contributed by atoms with Gasteiger partial charge in [0.05, 0.1) is 5.02 Å². The van der Waals surface area contributed by atoms with Crippen LogP contribution in [0.3, 0.4) is 0 Å². The molecule has 2 aliphatic heterocycles. The molecule has 0 saturated carbocycles. The van der Waals surface area contributed by atoms with Crippen molar-refractivity contribution in [3.63, 3.8) is 0 Å². The predicted molar refractivity (Wildman–Crippen MR) is 130 cm³/mol. The Labute approximate surface area is 206 Å². The molecule has 0 fully saturated rings. The quantitative estimate of drug-likeness (QED) is 0.506. The van der Waals surface area contributed by atoms with Gasteiger partial charge >= 0.3 is 0 Å². The minimum Gasteiger partial charge on any atom is -0.502 e. The summed E-state index contributed by atoms with van der Waals surface area (Å²) in [6, 6.07) is 14.0. The summed E-state index contributed by atoms with van der Waals surface area (Å²) < 4.78 is 7.64. The van der Waals surface area contributed by atoms with Crippen LogP contribution < -0.4 is 15.2 Å². The smallest absolute Gasteiger partial charge is 0.277 e. The Hall–Kier alpha value is -3.42. The zero-order valence-electron chi connectivity index (χ0n) is 18.0. The molecule has 7 nitrogen and oxygen atoms in total. The predicted octanol–water partition coefficient (Wildman–Crippen LogP) is 4.34. The maximum absolute atomic E-state index is 13.3. The zero-order chi connectivity index (χ0) is 23.8. The van der Waals surface area contributed by atoms with Crippen LogP contribution in [0.25, 0.3) is 0 Å².